The summed E-state index contributed by atoms with van der Waals surface area (Å²) in [6, 6.07) is 0.146. The first-order valence-corrected chi connectivity index (χ1v) is 8.56. The van der Waals surface area contributed by atoms with Crippen molar-refractivity contribution >= 4 is 11.9 Å². The van der Waals surface area contributed by atoms with E-state index in [1.165, 1.54) is 13.3 Å². The lowest BCUT2D eigenvalue weighted by molar-refractivity contribution is -0.190. The zero-order chi connectivity index (χ0) is 17.7. The maximum Gasteiger partial charge on any atom is 0.357 e. The van der Waals surface area contributed by atoms with E-state index in [1.807, 2.05) is 11.9 Å². The molecule has 0 heterocycles. The molecular weight excluding hydrogens is 308 g/mol. The molecule has 1 fully saturated rings. The molecule has 134 valence electrons. The Balaban J connectivity index is 2.05. The Morgan fingerprint density at radius 3 is 2.54 bits per heavy atom. The second-order valence-corrected chi connectivity index (χ2v) is 6.68. The molecule has 2 N–H and O–H groups in total. The number of allylic oxidation sites excluding steroid dienone is 2. The zero-order valence-corrected chi connectivity index (χ0v) is 14.8. The molecule has 0 aromatic rings. The van der Waals surface area contributed by atoms with Gasteiger partial charge in [0.1, 0.15) is 5.70 Å². The number of methoxy groups -OCH3 is 1. The number of hydrogen-bond donors (Lipinski definition) is 1. The van der Waals surface area contributed by atoms with Crippen LogP contribution in [0.25, 0.3) is 0 Å². The standard InChI is InChI=1S/C18H28N2O4/c1-13(14-8-5-4-6-9-14)20(2)15(12-19)16(21)24-18(10-7-11-18)17(22)23-3/h4-5,12-14H,6-11,19H2,1-3H3/b15-12-/t13-,14?/m1/s1. The molecule has 0 aliphatic heterocycles. The van der Waals surface area contributed by atoms with E-state index in [-0.39, 0.29) is 11.7 Å². The SMILES string of the molecule is COC(=O)C1(OC(=O)/C(=C/N)N(C)[C@H](C)C2CC=CCC2)CCC1. The average Bonchev–Trinajstić information content (AvgIpc) is 2.58. The smallest absolute Gasteiger partial charge is 0.357 e. The summed E-state index contributed by atoms with van der Waals surface area (Å²) >= 11 is 0. The Morgan fingerprint density at radius 1 is 1.38 bits per heavy atom. The number of nitrogens with zero attached hydrogens (tertiary/aromatic N) is 1. The minimum atomic E-state index is -1.14. The highest BCUT2D eigenvalue weighted by molar-refractivity contribution is 5.91. The number of ether oxygens (including phenoxy) is 2. The second kappa shape index (κ2) is 7.73. The maximum atomic E-state index is 12.6. The van der Waals surface area contributed by atoms with E-state index >= 15 is 0 Å². The Morgan fingerprint density at radius 2 is 2.08 bits per heavy atom. The quantitative estimate of drug-likeness (QED) is 0.454. The third kappa shape index (κ3) is 3.57. The molecular formula is C18H28N2O4. The largest absolute Gasteiger partial charge is 0.466 e. The summed E-state index contributed by atoms with van der Waals surface area (Å²) in [4.78, 5) is 26.4. The third-order valence-electron chi connectivity index (χ3n) is 5.36. The van der Waals surface area contributed by atoms with Crippen molar-refractivity contribution in [2.24, 2.45) is 11.7 Å². The van der Waals surface area contributed by atoms with Crippen molar-refractivity contribution in [3.63, 3.8) is 0 Å². The van der Waals surface area contributed by atoms with Crippen LogP contribution in [0.15, 0.2) is 24.0 Å². The van der Waals surface area contributed by atoms with E-state index < -0.39 is 17.5 Å². The molecule has 2 atom stereocenters. The predicted molar refractivity (Wildman–Crippen MR) is 90.7 cm³/mol. The van der Waals surface area contributed by atoms with Crippen LogP contribution in [0.5, 0.6) is 0 Å². The molecule has 1 saturated carbocycles. The summed E-state index contributed by atoms with van der Waals surface area (Å²) in [5.74, 6) is -0.601. The van der Waals surface area contributed by atoms with Crippen LogP contribution in [0.2, 0.25) is 0 Å². The molecule has 0 bridgehead atoms. The molecule has 1 unspecified atom stereocenters. The van der Waals surface area contributed by atoms with Crippen molar-refractivity contribution in [2.75, 3.05) is 14.2 Å². The summed E-state index contributed by atoms with van der Waals surface area (Å²) in [6.07, 6.45) is 10.6. The van der Waals surface area contributed by atoms with Crippen LogP contribution in [0.4, 0.5) is 0 Å². The molecule has 2 aliphatic rings. The van der Waals surface area contributed by atoms with Gasteiger partial charge < -0.3 is 20.1 Å². The minimum Gasteiger partial charge on any atom is -0.466 e. The van der Waals surface area contributed by atoms with E-state index in [0.717, 1.165) is 25.7 Å². The predicted octanol–water partition coefficient (Wildman–Crippen LogP) is 2.10. The lowest BCUT2D eigenvalue weighted by Crippen LogP contribution is -2.51. The van der Waals surface area contributed by atoms with Crippen LogP contribution in [0.3, 0.4) is 0 Å². The van der Waals surface area contributed by atoms with Gasteiger partial charge in [-0.1, -0.05) is 12.2 Å². The molecule has 2 aliphatic carbocycles. The Hall–Kier alpha value is -1.98. The molecule has 24 heavy (non-hydrogen) atoms. The first-order chi connectivity index (χ1) is 11.4. The molecule has 2 rings (SSSR count). The maximum absolute atomic E-state index is 12.6. The van der Waals surface area contributed by atoms with E-state index in [2.05, 4.69) is 19.1 Å². The van der Waals surface area contributed by atoms with Crippen molar-refractivity contribution in [1.29, 1.82) is 0 Å². The van der Waals surface area contributed by atoms with Gasteiger partial charge in [0, 0.05) is 19.3 Å². The summed E-state index contributed by atoms with van der Waals surface area (Å²) < 4.78 is 10.3. The number of esters is 2. The molecule has 6 heteroatoms. The number of carbonyl (C=O) groups is 2. The zero-order valence-electron chi connectivity index (χ0n) is 14.8. The van der Waals surface area contributed by atoms with Gasteiger partial charge in [-0.15, -0.1) is 0 Å². The van der Waals surface area contributed by atoms with E-state index in [4.69, 9.17) is 15.2 Å². The average molecular weight is 336 g/mol. The Labute approximate surface area is 143 Å². The fourth-order valence-electron chi connectivity index (χ4n) is 3.38. The van der Waals surface area contributed by atoms with Crippen LogP contribution in [-0.4, -0.2) is 42.6 Å². The lowest BCUT2D eigenvalue weighted by atomic mass is 9.80. The number of likely N-dealkylation sites (N-methyl/N-ethyl adjacent to an activating group) is 1. The van der Waals surface area contributed by atoms with Gasteiger partial charge in [-0.25, -0.2) is 9.59 Å². The van der Waals surface area contributed by atoms with Crippen LogP contribution in [0, 0.1) is 5.92 Å². The van der Waals surface area contributed by atoms with Crippen LogP contribution in [-0.2, 0) is 19.1 Å². The van der Waals surface area contributed by atoms with E-state index in [1.54, 1.807) is 0 Å². The topological polar surface area (TPSA) is 81.9 Å². The fourth-order valence-corrected chi connectivity index (χ4v) is 3.38. The number of nitrogens with two attached hydrogens (primary N) is 1. The first-order valence-electron chi connectivity index (χ1n) is 8.56. The third-order valence-corrected chi connectivity index (χ3v) is 5.36. The van der Waals surface area contributed by atoms with Crippen LogP contribution >= 0.6 is 0 Å². The highest BCUT2D eigenvalue weighted by atomic mass is 16.6. The summed E-state index contributed by atoms with van der Waals surface area (Å²) in [6.45, 7) is 2.08. The van der Waals surface area contributed by atoms with Gasteiger partial charge >= 0.3 is 11.9 Å². The number of carbonyl (C=O) groups excluding carboxylic acids is 2. The second-order valence-electron chi connectivity index (χ2n) is 6.68. The van der Waals surface area contributed by atoms with Crippen molar-refractivity contribution in [3.05, 3.63) is 24.0 Å². The molecule has 0 aromatic heterocycles. The molecule has 0 radical (unpaired) electrons. The molecule has 0 amide bonds. The van der Waals surface area contributed by atoms with Gasteiger partial charge in [0.05, 0.1) is 7.11 Å². The monoisotopic (exact) mass is 336 g/mol. The number of rotatable bonds is 6. The van der Waals surface area contributed by atoms with Gasteiger partial charge in [0.2, 0.25) is 5.60 Å². The van der Waals surface area contributed by atoms with Crippen molar-refractivity contribution in [1.82, 2.24) is 4.90 Å². The van der Waals surface area contributed by atoms with Crippen molar-refractivity contribution in [3.8, 4) is 0 Å². The van der Waals surface area contributed by atoms with E-state index in [0.29, 0.717) is 18.8 Å². The summed E-state index contributed by atoms with van der Waals surface area (Å²) in [5, 5.41) is 0. The van der Waals surface area contributed by atoms with Crippen molar-refractivity contribution in [2.45, 2.75) is 57.1 Å². The first kappa shape index (κ1) is 18.4. The van der Waals surface area contributed by atoms with Crippen LogP contribution < -0.4 is 5.73 Å². The number of hydrogen-bond acceptors (Lipinski definition) is 6. The molecule has 6 nitrogen and oxygen atoms in total. The van der Waals surface area contributed by atoms with Gasteiger partial charge in [-0.3, -0.25) is 0 Å². The van der Waals surface area contributed by atoms with Gasteiger partial charge in [0.25, 0.3) is 0 Å². The molecule has 0 saturated heterocycles. The summed E-state index contributed by atoms with van der Waals surface area (Å²) in [5.41, 5.74) is 4.84. The van der Waals surface area contributed by atoms with Crippen molar-refractivity contribution < 1.29 is 19.1 Å². The van der Waals surface area contributed by atoms with Gasteiger partial charge in [0.15, 0.2) is 0 Å². The lowest BCUT2D eigenvalue weighted by Gasteiger charge is -2.39. The fraction of sp³-hybridized carbons (Fsp3) is 0.667. The minimum absolute atomic E-state index is 0.146. The van der Waals surface area contributed by atoms with E-state index in [9.17, 15) is 9.59 Å². The van der Waals surface area contributed by atoms with Gasteiger partial charge in [-0.2, -0.15) is 0 Å². The molecule has 0 spiro atoms. The highest BCUT2D eigenvalue weighted by Crippen LogP contribution is 2.37. The molecule has 0 aromatic carbocycles. The Bertz CT molecular complexity index is 537. The van der Waals surface area contributed by atoms with Crippen LogP contribution in [0.1, 0.15) is 45.4 Å². The van der Waals surface area contributed by atoms with Gasteiger partial charge in [-0.05, 0) is 51.4 Å². The highest BCUT2D eigenvalue weighted by Gasteiger charge is 2.50. The normalized spacial score (nSPS) is 23.8. The Kier molecular flexibility index (Phi) is 5.91. The summed E-state index contributed by atoms with van der Waals surface area (Å²) in [7, 11) is 3.15.